The largest absolute Gasteiger partial charge is 0.312 e. The highest BCUT2D eigenvalue weighted by atomic mass is 35.5. The van der Waals surface area contributed by atoms with E-state index in [1.807, 2.05) is 0 Å². The first-order valence-corrected chi connectivity index (χ1v) is 6.94. The second kappa shape index (κ2) is 6.50. The van der Waals surface area contributed by atoms with Crippen LogP contribution < -0.4 is 5.32 Å². The van der Waals surface area contributed by atoms with E-state index in [2.05, 4.69) is 17.1 Å². The van der Waals surface area contributed by atoms with Gasteiger partial charge < -0.3 is 10.2 Å². The van der Waals surface area contributed by atoms with Gasteiger partial charge in [-0.2, -0.15) is 0 Å². The van der Waals surface area contributed by atoms with Crippen molar-refractivity contribution < 1.29 is 4.39 Å². The quantitative estimate of drug-likeness (QED) is 0.885. The van der Waals surface area contributed by atoms with Gasteiger partial charge in [-0.05, 0) is 49.7 Å². The van der Waals surface area contributed by atoms with Crippen molar-refractivity contribution in [2.75, 3.05) is 26.2 Å². The number of nitrogens with zero attached hydrogens (tertiary/aromatic N) is 1. The standard InChI is InChI=1S/C14H20ClFN2/c1-2-18-6-5-11(10-18)8-17-9-12-3-4-13(16)7-14(12)15/h3-4,7,11,17H,2,5-6,8-10H2,1H3. The number of benzene rings is 1. The zero-order valence-corrected chi connectivity index (χ0v) is 11.5. The van der Waals surface area contributed by atoms with E-state index in [0.717, 1.165) is 24.6 Å². The molecule has 1 aromatic carbocycles. The lowest BCUT2D eigenvalue weighted by molar-refractivity contribution is 0.339. The summed E-state index contributed by atoms with van der Waals surface area (Å²) in [5, 5.41) is 3.92. The van der Waals surface area contributed by atoms with Crippen LogP contribution in [0.4, 0.5) is 4.39 Å². The molecule has 4 heteroatoms. The Hall–Kier alpha value is -0.640. The molecule has 0 bridgehead atoms. The molecule has 0 radical (unpaired) electrons. The van der Waals surface area contributed by atoms with Gasteiger partial charge in [0.05, 0.1) is 0 Å². The van der Waals surface area contributed by atoms with Crippen molar-refractivity contribution in [3.63, 3.8) is 0 Å². The molecule has 1 aliphatic rings. The smallest absolute Gasteiger partial charge is 0.124 e. The van der Waals surface area contributed by atoms with E-state index < -0.39 is 0 Å². The van der Waals surface area contributed by atoms with Crippen LogP contribution in [0.5, 0.6) is 0 Å². The lowest BCUT2D eigenvalue weighted by atomic mass is 10.1. The summed E-state index contributed by atoms with van der Waals surface area (Å²) in [4.78, 5) is 2.47. The number of rotatable bonds is 5. The number of hydrogen-bond donors (Lipinski definition) is 1. The van der Waals surface area contributed by atoms with Gasteiger partial charge in [0.15, 0.2) is 0 Å². The fourth-order valence-electron chi connectivity index (χ4n) is 2.44. The summed E-state index contributed by atoms with van der Waals surface area (Å²) in [6.45, 7) is 7.45. The Balaban J connectivity index is 1.75. The summed E-state index contributed by atoms with van der Waals surface area (Å²) in [6.07, 6.45) is 1.26. The van der Waals surface area contributed by atoms with E-state index in [-0.39, 0.29) is 5.82 Å². The number of halogens is 2. The first kappa shape index (κ1) is 13.8. The van der Waals surface area contributed by atoms with Crippen molar-refractivity contribution in [2.45, 2.75) is 19.9 Å². The van der Waals surface area contributed by atoms with Crippen LogP contribution in [0.25, 0.3) is 0 Å². The molecule has 0 aliphatic carbocycles. The number of nitrogens with one attached hydrogen (secondary N) is 1. The van der Waals surface area contributed by atoms with Crippen molar-refractivity contribution in [1.29, 1.82) is 0 Å². The van der Waals surface area contributed by atoms with E-state index in [0.29, 0.717) is 11.6 Å². The molecule has 1 saturated heterocycles. The fraction of sp³-hybridized carbons (Fsp3) is 0.571. The Labute approximate surface area is 113 Å². The highest BCUT2D eigenvalue weighted by Crippen LogP contribution is 2.18. The van der Waals surface area contributed by atoms with Gasteiger partial charge in [0.2, 0.25) is 0 Å². The second-order valence-corrected chi connectivity index (χ2v) is 5.32. The van der Waals surface area contributed by atoms with Gasteiger partial charge in [0.25, 0.3) is 0 Å². The molecular weight excluding hydrogens is 251 g/mol. The summed E-state index contributed by atoms with van der Waals surface area (Å²) in [6, 6.07) is 4.57. The van der Waals surface area contributed by atoms with Crippen LogP contribution in [0.3, 0.4) is 0 Å². The van der Waals surface area contributed by atoms with Gasteiger partial charge in [0, 0.05) is 18.1 Å². The molecule has 100 valence electrons. The van der Waals surface area contributed by atoms with Gasteiger partial charge in [-0.1, -0.05) is 24.6 Å². The van der Waals surface area contributed by atoms with Gasteiger partial charge >= 0.3 is 0 Å². The summed E-state index contributed by atoms with van der Waals surface area (Å²) in [7, 11) is 0. The molecule has 1 atom stereocenters. The third kappa shape index (κ3) is 3.67. The van der Waals surface area contributed by atoms with Crippen molar-refractivity contribution in [1.82, 2.24) is 10.2 Å². The van der Waals surface area contributed by atoms with Gasteiger partial charge in [-0.3, -0.25) is 0 Å². The fourth-order valence-corrected chi connectivity index (χ4v) is 2.68. The molecule has 0 aromatic heterocycles. The minimum Gasteiger partial charge on any atom is -0.312 e. The topological polar surface area (TPSA) is 15.3 Å². The summed E-state index contributed by atoms with van der Waals surface area (Å²) in [5.74, 6) is 0.447. The average molecular weight is 271 g/mol. The third-order valence-electron chi connectivity index (χ3n) is 3.58. The summed E-state index contributed by atoms with van der Waals surface area (Å²) in [5.41, 5.74) is 0.961. The molecule has 18 heavy (non-hydrogen) atoms. The second-order valence-electron chi connectivity index (χ2n) is 4.91. The maximum absolute atomic E-state index is 12.9. The average Bonchev–Trinajstić information content (AvgIpc) is 2.80. The normalized spacial score (nSPS) is 20.5. The zero-order chi connectivity index (χ0) is 13.0. The first-order valence-electron chi connectivity index (χ1n) is 6.56. The summed E-state index contributed by atoms with van der Waals surface area (Å²) < 4.78 is 12.9. The van der Waals surface area contributed by atoms with Gasteiger partial charge in [-0.15, -0.1) is 0 Å². The molecule has 2 rings (SSSR count). The van der Waals surface area contributed by atoms with E-state index in [9.17, 15) is 4.39 Å². The SMILES string of the molecule is CCN1CCC(CNCc2ccc(F)cc2Cl)C1. The zero-order valence-electron chi connectivity index (χ0n) is 10.8. The number of likely N-dealkylation sites (tertiary alicyclic amines) is 1. The predicted molar refractivity (Wildman–Crippen MR) is 73.3 cm³/mol. The van der Waals surface area contributed by atoms with E-state index >= 15 is 0 Å². The van der Waals surface area contributed by atoms with Crippen LogP contribution in [0, 0.1) is 11.7 Å². The van der Waals surface area contributed by atoms with Crippen molar-refractivity contribution >= 4 is 11.6 Å². The van der Waals surface area contributed by atoms with E-state index in [4.69, 9.17) is 11.6 Å². The first-order chi connectivity index (χ1) is 8.69. The predicted octanol–water partition coefficient (Wildman–Crippen LogP) is 2.91. The van der Waals surface area contributed by atoms with Crippen LogP contribution in [0.15, 0.2) is 18.2 Å². The Morgan fingerprint density at radius 1 is 1.50 bits per heavy atom. The lowest BCUT2D eigenvalue weighted by Crippen LogP contribution is -2.26. The molecule has 0 saturated carbocycles. The molecule has 1 unspecified atom stereocenters. The van der Waals surface area contributed by atoms with Crippen LogP contribution in [-0.4, -0.2) is 31.1 Å². The van der Waals surface area contributed by atoms with Gasteiger partial charge in [0.1, 0.15) is 5.82 Å². The highest BCUT2D eigenvalue weighted by molar-refractivity contribution is 6.31. The monoisotopic (exact) mass is 270 g/mol. The molecule has 1 aromatic rings. The van der Waals surface area contributed by atoms with Crippen molar-refractivity contribution in [3.05, 3.63) is 34.6 Å². The Kier molecular flexibility index (Phi) is 4.98. The molecule has 0 spiro atoms. The summed E-state index contributed by atoms with van der Waals surface area (Å²) >= 11 is 5.98. The Morgan fingerprint density at radius 3 is 3.00 bits per heavy atom. The van der Waals surface area contributed by atoms with Crippen molar-refractivity contribution in [3.8, 4) is 0 Å². The molecule has 1 N–H and O–H groups in total. The van der Waals surface area contributed by atoms with E-state index in [1.165, 1.54) is 31.6 Å². The van der Waals surface area contributed by atoms with Crippen LogP contribution in [0.1, 0.15) is 18.9 Å². The lowest BCUT2D eigenvalue weighted by Gasteiger charge is -2.14. The Bertz CT molecular complexity index is 397. The number of hydrogen-bond acceptors (Lipinski definition) is 2. The maximum Gasteiger partial charge on any atom is 0.124 e. The van der Waals surface area contributed by atoms with Crippen LogP contribution >= 0.6 is 11.6 Å². The molecule has 1 heterocycles. The minimum absolute atomic E-state index is 0.280. The van der Waals surface area contributed by atoms with Crippen LogP contribution in [-0.2, 0) is 6.54 Å². The molecule has 1 aliphatic heterocycles. The maximum atomic E-state index is 12.9. The minimum atomic E-state index is -0.280. The highest BCUT2D eigenvalue weighted by Gasteiger charge is 2.20. The van der Waals surface area contributed by atoms with Gasteiger partial charge in [-0.25, -0.2) is 4.39 Å². The van der Waals surface area contributed by atoms with Crippen LogP contribution in [0.2, 0.25) is 5.02 Å². The molecule has 2 nitrogen and oxygen atoms in total. The molecule has 1 fully saturated rings. The Morgan fingerprint density at radius 2 is 2.33 bits per heavy atom. The van der Waals surface area contributed by atoms with Crippen molar-refractivity contribution in [2.24, 2.45) is 5.92 Å². The molecular formula is C14H20ClFN2. The third-order valence-corrected chi connectivity index (χ3v) is 3.93. The molecule has 0 amide bonds. The van der Waals surface area contributed by atoms with E-state index in [1.54, 1.807) is 6.07 Å².